The van der Waals surface area contributed by atoms with E-state index < -0.39 is 0 Å². The van der Waals surface area contributed by atoms with Crippen molar-refractivity contribution in [1.29, 1.82) is 0 Å². The first-order chi connectivity index (χ1) is 8.17. The minimum absolute atomic E-state index is 0.0675. The minimum Gasteiger partial charge on any atom is -0.450 e. The summed E-state index contributed by atoms with van der Waals surface area (Å²) >= 11 is 0. The van der Waals surface area contributed by atoms with E-state index in [4.69, 9.17) is 4.74 Å². The van der Waals surface area contributed by atoms with Gasteiger partial charge in [-0.1, -0.05) is 6.08 Å². The summed E-state index contributed by atoms with van der Waals surface area (Å²) in [5.41, 5.74) is 0. The predicted molar refractivity (Wildman–Crippen MR) is 64.6 cm³/mol. The highest BCUT2D eigenvalue weighted by molar-refractivity contribution is 5.87. The van der Waals surface area contributed by atoms with Crippen LogP contribution in [0, 0.1) is 0 Å². The molecule has 1 heterocycles. The van der Waals surface area contributed by atoms with Crippen LogP contribution >= 0.6 is 0 Å². The molecule has 0 aromatic rings. The molecular formula is C12H20N2O3. The summed E-state index contributed by atoms with van der Waals surface area (Å²) in [4.78, 5) is 24.4. The highest BCUT2D eigenvalue weighted by Gasteiger charge is 2.23. The lowest BCUT2D eigenvalue weighted by Gasteiger charge is -2.31. The topological polar surface area (TPSA) is 58.6 Å². The molecule has 0 atom stereocenters. The van der Waals surface area contributed by atoms with Gasteiger partial charge in [0.25, 0.3) is 0 Å². The highest BCUT2D eigenvalue weighted by atomic mass is 16.6. The highest BCUT2D eigenvalue weighted by Crippen LogP contribution is 2.11. The Labute approximate surface area is 102 Å². The first kappa shape index (κ1) is 13.5. The first-order valence-electron chi connectivity index (χ1n) is 6.02. The number of hydrogen-bond donors (Lipinski definition) is 1. The lowest BCUT2D eigenvalue weighted by Crippen LogP contribution is -2.46. The summed E-state index contributed by atoms with van der Waals surface area (Å²) in [6.07, 6.45) is 4.52. The fourth-order valence-corrected chi connectivity index (χ4v) is 1.82. The first-order valence-corrected chi connectivity index (χ1v) is 6.02. The van der Waals surface area contributed by atoms with E-state index in [1.165, 1.54) is 6.08 Å². The molecule has 17 heavy (non-hydrogen) atoms. The van der Waals surface area contributed by atoms with Crippen molar-refractivity contribution in [1.82, 2.24) is 10.2 Å². The molecule has 5 heteroatoms. The van der Waals surface area contributed by atoms with Gasteiger partial charge in [-0.25, -0.2) is 4.79 Å². The predicted octanol–water partition coefficient (Wildman–Crippen LogP) is 1.30. The average molecular weight is 240 g/mol. The second kappa shape index (κ2) is 6.93. The van der Waals surface area contributed by atoms with Gasteiger partial charge in [0.2, 0.25) is 5.91 Å². The van der Waals surface area contributed by atoms with E-state index in [0.29, 0.717) is 19.7 Å². The Morgan fingerprint density at radius 1 is 1.41 bits per heavy atom. The number of allylic oxidation sites excluding steroid dienone is 1. The van der Waals surface area contributed by atoms with Crippen LogP contribution in [0.5, 0.6) is 0 Å². The summed E-state index contributed by atoms with van der Waals surface area (Å²) < 4.78 is 4.92. The third-order valence-corrected chi connectivity index (χ3v) is 2.69. The number of carbonyl (C=O) groups is 2. The Balaban J connectivity index is 2.30. The van der Waals surface area contributed by atoms with Crippen molar-refractivity contribution in [3.8, 4) is 0 Å². The molecule has 1 aliphatic rings. The van der Waals surface area contributed by atoms with Crippen molar-refractivity contribution in [2.45, 2.75) is 32.7 Å². The zero-order chi connectivity index (χ0) is 12.7. The van der Waals surface area contributed by atoms with E-state index in [1.54, 1.807) is 17.9 Å². The zero-order valence-electron chi connectivity index (χ0n) is 10.4. The van der Waals surface area contributed by atoms with Crippen molar-refractivity contribution in [3.63, 3.8) is 0 Å². The van der Waals surface area contributed by atoms with Gasteiger partial charge in [0.05, 0.1) is 6.61 Å². The molecule has 1 fully saturated rings. The summed E-state index contributed by atoms with van der Waals surface area (Å²) in [6, 6.07) is 0.157. The van der Waals surface area contributed by atoms with E-state index in [-0.39, 0.29) is 18.0 Å². The van der Waals surface area contributed by atoms with E-state index in [1.807, 2.05) is 6.92 Å². The molecule has 96 valence electrons. The zero-order valence-corrected chi connectivity index (χ0v) is 10.4. The van der Waals surface area contributed by atoms with Crippen LogP contribution in [-0.2, 0) is 9.53 Å². The number of carbonyl (C=O) groups excluding carboxylic acids is 2. The number of nitrogens with zero attached hydrogens (tertiary/aromatic N) is 1. The Morgan fingerprint density at radius 3 is 2.59 bits per heavy atom. The second-order valence-corrected chi connectivity index (χ2v) is 3.97. The number of rotatable bonds is 3. The van der Waals surface area contributed by atoms with E-state index >= 15 is 0 Å². The molecule has 5 nitrogen and oxygen atoms in total. The third kappa shape index (κ3) is 4.46. The molecule has 0 unspecified atom stereocenters. The smallest absolute Gasteiger partial charge is 0.409 e. The van der Waals surface area contributed by atoms with E-state index in [0.717, 1.165) is 12.8 Å². The van der Waals surface area contributed by atoms with Gasteiger partial charge in [-0.2, -0.15) is 0 Å². The third-order valence-electron chi connectivity index (χ3n) is 2.69. The number of ether oxygens (including phenoxy) is 1. The van der Waals surface area contributed by atoms with Gasteiger partial charge >= 0.3 is 6.09 Å². The molecule has 0 bridgehead atoms. The van der Waals surface area contributed by atoms with Crippen LogP contribution in [0.3, 0.4) is 0 Å². The minimum atomic E-state index is -0.259. The van der Waals surface area contributed by atoms with Crippen LogP contribution in [-0.4, -0.2) is 42.6 Å². The lowest BCUT2D eigenvalue weighted by atomic mass is 10.1. The molecule has 0 aliphatic carbocycles. The fraction of sp³-hybridized carbons (Fsp3) is 0.667. The quantitative estimate of drug-likeness (QED) is 0.756. The van der Waals surface area contributed by atoms with E-state index in [2.05, 4.69) is 5.32 Å². The number of amides is 2. The summed E-state index contributed by atoms with van der Waals surface area (Å²) in [6.45, 7) is 5.28. The average Bonchev–Trinajstić information content (AvgIpc) is 2.30. The van der Waals surface area contributed by atoms with Gasteiger partial charge in [0.15, 0.2) is 0 Å². The number of likely N-dealkylation sites (tertiary alicyclic amines) is 1. The van der Waals surface area contributed by atoms with Gasteiger partial charge in [-0.05, 0) is 32.8 Å². The fourth-order valence-electron chi connectivity index (χ4n) is 1.82. The van der Waals surface area contributed by atoms with Gasteiger partial charge < -0.3 is 15.0 Å². The molecule has 1 saturated heterocycles. The Bertz CT molecular complexity index is 294. The molecular weight excluding hydrogens is 220 g/mol. The summed E-state index contributed by atoms with van der Waals surface area (Å²) in [7, 11) is 0. The summed E-state index contributed by atoms with van der Waals surface area (Å²) in [5, 5.41) is 2.91. The van der Waals surface area contributed by atoms with Crippen LogP contribution in [0.4, 0.5) is 4.79 Å². The maximum absolute atomic E-state index is 11.4. The number of hydrogen-bond acceptors (Lipinski definition) is 3. The van der Waals surface area contributed by atoms with Crippen molar-refractivity contribution in [2.75, 3.05) is 19.7 Å². The molecule has 1 aliphatic heterocycles. The van der Waals surface area contributed by atoms with Crippen LogP contribution in [0.15, 0.2) is 12.2 Å². The standard InChI is InChI=1S/C12H20N2O3/c1-3-5-11(15)13-10-6-8-14(9-7-10)12(16)17-4-2/h3,5,10H,4,6-9H2,1-2H3,(H,13,15). The Kier molecular flexibility index (Phi) is 5.52. The molecule has 1 rings (SSSR count). The molecule has 1 N–H and O–H groups in total. The molecule has 0 spiro atoms. The molecule has 0 aromatic heterocycles. The van der Waals surface area contributed by atoms with Crippen LogP contribution in [0.1, 0.15) is 26.7 Å². The van der Waals surface area contributed by atoms with E-state index in [9.17, 15) is 9.59 Å². The van der Waals surface area contributed by atoms with Gasteiger partial charge in [0.1, 0.15) is 0 Å². The largest absolute Gasteiger partial charge is 0.450 e. The maximum Gasteiger partial charge on any atom is 0.409 e. The van der Waals surface area contributed by atoms with Crippen molar-refractivity contribution >= 4 is 12.0 Å². The molecule has 0 aromatic carbocycles. The van der Waals surface area contributed by atoms with Crippen molar-refractivity contribution in [3.05, 3.63) is 12.2 Å². The second-order valence-electron chi connectivity index (χ2n) is 3.97. The van der Waals surface area contributed by atoms with Crippen LogP contribution in [0.25, 0.3) is 0 Å². The monoisotopic (exact) mass is 240 g/mol. The van der Waals surface area contributed by atoms with Crippen molar-refractivity contribution < 1.29 is 14.3 Å². The normalized spacial score (nSPS) is 17.2. The summed E-state index contributed by atoms with van der Waals surface area (Å²) in [5.74, 6) is -0.0675. The van der Waals surface area contributed by atoms with Crippen LogP contribution < -0.4 is 5.32 Å². The molecule has 0 radical (unpaired) electrons. The number of piperidine rings is 1. The number of nitrogens with one attached hydrogen (secondary N) is 1. The Hall–Kier alpha value is -1.52. The lowest BCUT2D eigenvalue weighted by molar-refractivity contribution is -0.117. The van der Waals surface area contributed by atoms with Crippen molar-refractivity contribution in [2.24, 2.45) is 0 Å². The van der Waals surface area contributed by atoms with Gasteiger partial charge in [-0.15, -0.1) is 0 Å². The molecule has 2 amide bonds. The van der Waals surface area contributed by atoms with Crippen LogP contribution in [0.2, 0.25) is 0 Å². The molecule has 0 saturated carbocycles. The SMILES string of the molecule is CC=CC(=O)NC1CCN(C(=O)OCC)CC1. The maximum atomic E-state index is 11.4. The van der Waals surface area contributed by atoms with Gasteiger partial charge in [-0.3, -0.25) is 4.79 Å². The van der Waals surface area contributed by atoms with Gasteiger partial charge in [0, 0.05) is 19.1 Å². The Morgan fingerprint density at radius 2 is 2.06 bits per heavy atom.